The molecule has 0 bridgehead atoms. The number of nitrogens with zero attached hydrogens (tertiary/aromatic N) is 1. The van der Waals surface area contributed by atoms with Gasteiger partial charge in [-0.1, -0.05) is 34.1 Å². The molecule has 0 atom stereocenters. The molecule has 0 spiro atoms. The van der Waals surface area contributed by atoms with E-state index in [1.165, 1.54) is 22.9 Å². The van der Waals surface area contributed by atoms with Crippen LogP contribution in [0.5, 0.6) is 0 Å². The SMILES string of the molecule is CN=C(NCCCC(=O)NC1CC1)NCC1(c2ccccc2Br)CC1.I. The fraction of sp³-hybridized carbons (Fsp3) is 0.579. The highest BCUT2D eigenvalue weighted by Crippen LogP contribution is 2.49. The number of aliphatic imine (C=N–C) groups is 1. The lowest BCUT2D eigenvalue weighted by Crippen LogP contribution is -2.41. The fourth-order valence-corrected chi connectivity index (χ4v) is 3.75. The Morgan fingerprint density at radius 3 is 2.62 bits per heavy atom. The highest BCUT2D eigenvalue weighted by Gasteiger charge is 2.45. The van der Waals surface area contributed by atoms with Gasteiger partial charge in [-0.15, -0.1) is 24.0 Å². The Morgan fingerprint density at radius 1 is 1.27 bits per heavy atom. The number of hydrogen-bond donors (Lipinski definition) is 3. The van der Waals surface area contributed by atoms with Crippen molar-refractivity contribution in [2.24, 2.45) is 4.99 Å². The van der Waals surface area contributed by atoms with Crippen molar-refractivity contribution < 1.29 is 4.79 Å². The summed E-state index contributed by atoms with van der Waals surface area (Å²) in [5.41, 5.74) is 1.58. The Bertz CT molecular complexity index is 644. The average Bonchev–Trinajstić information content (AvgIpc) is 3.51. The Labute approximate surface area is 181 Å². The molecule has 1 amide bonds. The summed E-state index contributed by atoms with van der Waals surface area (Å²) < 4.78 is 1.18. The van der Waals surface area contributed by atoms with Crippen LogP contribution in [-0.2, 0) is 10.2 Å². The van der Waals surface area contributed by atoms with Gasteiger partial charge in [0.15, 0.2) is 5.96 Å². The molecule has 144 valence electrons. The lowest BCUT2D eigenvalue weighted by molar-refractivity contribution is -0.121. The van der Waals surface area contributed by atoms with Crippen LogP contribution in [0.15, 0.2) is 33.7 Å². The first-order chi connectivity index (χ1) is 12.1. The maximum absolute atomic E-state index is 11.7. The largest absolute Gasteiger partial charge is 0.356 e. The van der Waals surface area contributed by atoms with Crippen LogP contribution in [0, 0.1) is 0 Å². The molecule has 1 aromatic carbocycles. The molecule has 5 nitrogen and oxygen atoms in total. The molecule has 0 aliphatic heterocycles. The van der Waals surface area contributed by atoms with Crippen LogP contribution in [0.25, 0.3) is 0 Å². The molecule has 0 heterocycles. The van der Waals surface area contributed by atoms with E-state index in [1.807, 2.05) is 0 Å². The van der Waals surface area contributed by atoms with Crippen molar-refractivity contribution in [3.05, 3.63) is 34.3 Å². The van der Waals surface area contributed by atoms with Gasteiger partial charge in [-0.2, -0.15) is 0 Å². The first-order valence-electron chi connectivity index (χ1n) is 9.12. The number of halogens is 2. The van der Waals surface area contributed by atoms with Crippen LogP contribution in [0.4, 0.5) is 0 Å². The molecule has 1 aromatic rings. The van der Waals surface area contributed by atoms with Gasteiger partial charge in [-0.3, -0.25) is 9.79 Å². The highest BCUT2D eigenvalue weighted by atomic mass is 127. The number of amides is 1. The molecular formula is C19H28BrIN4O. The molecule has 2 fully saturated rings. The van der Waals surface area contributed by atoms with Gasteiger partial charge in [0.25, 0.3) is 0 Å². The van der Waals surface area contributed by atoms with Crippen LogP contribution in [0.2, 0.25) is 0 Å². The summed E-state index contributed by atoms with van der Waals surface area (Å²) in [5, 5.41) is 9.77. The number of guanidine groups is 1. The molecule has 0 saturated heterocycles. The summed E-state index contributed by atoms with van der Waals surface area (Å²) in [6.45, 7) is 1.62. The van der Waals surface area contributed by atoms with Gasteiger partial charge < -0.3 is 16.0 Å². The first kappa shape index (κ1) is 21.5. The van der Waals surface area contributed by atoms with Gasteiger partial charge in [0.2, 0.25) is 5.91 Å². The standard InChI is InChI=1S/C19H27BrN4O.HI/c1-21-18(22-12-4-7-17(25)24-14-8-9-14)23-13-19(10-11-19)15-5-2-3-6-16(15)20;/h2-3,5-6,14H,4,7-13H2,1H3,(H,24,25)(H2,21,22,23);1H. The van der Waals surface area contributed by atoms with Gasteiger partial charge in [-0.05, 0) is 43.7 Å². The fourth-order valence-electron chi connectivity index (χ4n) is 3.04. The molecule has 2 aliphatic carbocycles. The number of nitrogens with one attached hydrogen (secondary N) is 3. The van der Waals surface area contributed by atoms with Gasteiger partial charge in [0, 0.05) is 42.5 Å². The Balaban J connectivity index is 0.00000243. The minimum atomic E-state index is 0. The molecule has 2 saturated carbocycles. The number of benzene rings is 1. The van der Waals surface area contributed by atoms with E-state index in [9.17, 15) is 4.79 Å². The van der Waals surface area contributed by atoms with Crippen molar-refractivity contribution in [1.82, 2.24) is 16.0 Å². The lowest BCUT2D eigenvalue weighted by Gasteiger charge is -2.20. The smallest absolute Gasteiger partial charge is 0.220 e. The van der Waals surface area contributed by atoms with Crippen molar-refractivity contribution >= 4 is 51.8 Å². The predicted molar refractivity (Wildman–Crippen MR) is 120 cm³/mol. The van der Waals surface area contributed by atoms with Crippen LogP contribution in [-0.4, -0.2) is 38.0 Å². The van der Waals surface area contributed by atoms with Crippen LogP contribution < -0.4 is 16.0 Å². The number of hydrogen-bond acceptors (Lipinski definition) is 2. The van der Waals surface area contributed by atoms with Crippen molar-refractivity contribution in [2.75, 3.05) is 20.1 Å². The number of rotatable bonds is 8. The number of carbonyl (C=O) groups excluding carboxylic acids is 1. The van der Waals surface area contributed by atoms with Crippen molar-refractivity contribution in [3.63, 3.8) is 0 Å². The number of carbonyl (C=O) groups is 1. The summed E-state index contributed by atoms with van der Waals surface area (Å²) >= 11 is 3.67. The van der Waals surface area contributed by atoms with E-state index in [0.29, 0.717) is 12.5 Å². The van der Waals surface area contributed by atoms with Gasteiger partial charge in [0.1, 0.15) is 0 Å². The van der Waals surface area contributed by atoms with E-state index >= 15 is 0 Å². The molecule has 0 radical (unpaired) electrons. The zero-order chi connectivity index (χ0) is 17.7. The van der Waals surface area contributed by atoms with Crippen molar-refractivity contribution in [2.45, 2.75) is 50.0 Å². The summed E-state index contributed by atoms with van der Waals surface area (Å²) in [6, 6.07) is 8.90. The Morgan fingerprint density at radius 2 is 2.00 bits per heavy atom. The summed E-state index contributed by atoms with van der Waals surface area (Å²) in [5.74, 6) is 0.971. The van der Waals surface area contributed by atoms with Gasteiger partial charge in [-0.25, -0.2) is 0 Å². The predicted octanol–water partition coefficient (Wildman–Crippen LogP) is 3.32. The highest BCUT2D eigenvalue weighted by molar-refractivity contribution is 14.0. The third-order valence-electron chi connectivity index (χ3n) is 4.93. The molecule has 26 heavy (non-hydrogen) atoms. The molecule has 7 heteroatoms. The minimum absolute atomic E-state index is 0. The molecular weight excluding hydrogens is 507 g/mol. The van der Waals surface area contributed by atoms with E-state index < -0.39 is 0 Å². The maximum atomic E-state index is 11.7. The summed E-state index contributed by atoms with van der Waals surface area (Å²) in [4.78, 5) is 16.0. The maximum Gasteiger partial charge on any atom is 0.220 e. The lowest BCUT2D eigenvalue weighted by atomic mass is 9.96. The minimum Gasteiger partial charge on any atom is -0.356 e. The van der Waals surface area contributed by atoms with Gasteiger partial charge in [0.05, 0.1) is 0 Å². The summed E-state index contributed by atoms with van der Waals surface area (Å²) in [7, 11) is 1.78. The second-order valence-corrected chi connectivity index (χ2v) is 7.91. The quantitative estimate of drug-likeness (QED) is 0.207. The van der Waals surface area contributed by atoms with Crippen molar-refractivity contribution in [1.29, 1.82) is 0 Å². The normalized spacial score (nSPS) is 17.8. The Hall–Kier alpha value is -0.830. The van der Waals surface area contributed by atoms with Crippen molar-refractivity contribution in [3.8, 4) is 0 Å². The van der Waals surface area contributed by atoms with Gasteiger partial charge >= 0.3 is 0 Å². The molecule has 2 aliphatic rings. The second kappa shape index (κ2) is 9.92. The third-order valence-corrected chi connectivity index (χ3v) is 5.62. The van der Waals surface area contributed by atoms with E-state index in [0.717, 1.165) is 38.3 Å². The topological polar surface area (TPSA) is 65.5 Å². The van der Waals surface area contributed by atoms with E-state index in [4.69, 9.17) is 0 Å². The van der Waals surface area contributed by atoms with Crippen LogP contribution in [0.3, 0.4) is 0 Å². The monoisotopic (exact) mass is 534 g/mol. The zero-order valence-electron chi connectivity index (χ0n) is 15.2. The van der Waals surface area contributed by atoms with Crippen LogP contribution in [0.1, 0.15) is 44.1 Å². The molecule has 3 rings (SSSR count). The molecule has 3 N–H and O–H groups in total. The molecule has 0 unspecified atom stereocenters. The first-order valence-corrected chi connectivity index (χ1v) is 9.91. The zero-order valence-corrected chi connectivity index (χ0v) is 19.1. The average molecular weight is 535 g/mol. The van der Waals surface area contributed by atoms with Crippen LogP contribution >= 0.6 is 39.9 Å². The third kappa shape index (κ3) is 6.11. The van der Waals surface area contributed by atoms with E-state index in [-0.39, 0.29) is 35.3 Å². The van der Waals surface area contributed by atoms with E-state index in [1.54, 1.807) is 7.05 Å². The second-order valence-electron chi connectivity index (χ2n) is 7.06. The molecule has 0 aromatic heterocycles. The summed E-state index contributed by atoms with van der Waals surface area (Å²) in [6.07, 6.45) is 6.05. The van der Waals surface area contributed by atoms with E-state index in [2.05, 4.69) is 61.1 Å². The Kier molecular flexibility index (Phi) is 8.19.